The van der Waals surface area contributed by atoms with Gasteiger partial charge in [-0.25, -0.2) is 4.79 Å². The van der Waals surface area contributed by atoms with Gasteiger partial charge in [0.15, 0.2) is 0 Å². The van der Waals surface area contributed by atoms with Crippen LogP contribution in [0, 0.1) is 31.1 Å². The summed E-state index contributed by atoms with van der Waals surface area (Å²) in [7, 11) is 0. The van der Waals surface area contributed by atoms with Crippen molar-refractivity contribution < 1.29 is 19.1 Å². The summed E-state index contributed by atoms with van der Waals surface area (Å²) in [5.41, 5.74) is 1.89. The first-order chi connectivity index (χ1) is 16.2. The largest absolute Gasteiger partial charge is 0.444 e. The third-order valence-corrected chi connectivity index (χ3v) is 5.65. The molecule has 8 heteroatoms. The molecular formula is C27H42N4O4. The smallest absolute Gasteiger partial charge is 0.408 e. The lowest BCUT2D eigenvalue weighted by Crippen LogP contribution is -2.55. The van der Waals surface area contributed by atoms with Crippen molar-refractivity contribution in [2.24, 2.45) is 5.92 Å². The molecule has 1 aromatic rings. The Bertz CT molecular complexity index is 930. The van der Waals surface area contributed by atoms with Gasteiger partial charge < -0.3 is 20.3 Å². The zero-order valence-corrected chi connectivity index (χ0v) is 22.7. The Kier molecular flexibility index (Phi) is 11.2. The molecule has 194 valence electrons. The molecule has 0 aromatic heterocycles. The molecular weight excluding hydrogens is 444 g/mol. The highest BCUT2D eigenvalue weighted by molar-refractivity contribution is 5.92. The molecule has 0 heterocycles. The Morgan fingerprint density at radius 1 is 1.09 bits per heavy atom. The SMILES string of the molecule is CCCC(C)NC(=O)C(c1ccc(C)c(C)c1)N(CC#N)C(=O)C(NC(=O)OC(C)(C)C)C(C)C. The van der Waals surface area contributed by atoms with Gasteiger partial charge in [-0.2, -0.15) is 5.26 Å². The first-order valence-electron chi connectivity index (χ1n) is 12.3. The van der Waals surface area contributed by atoms with E-state index in [1.165, 1.54) is 4.90 Å². The normalized spacial score (nSPS) is 13.9. The average Bonchev–Trinajstić information content (AvgIpc) is 2.72. The molecule has 0 saturated heterocycles. The van der Waals surface area contributed by atoms with Crippen molar-refractivity contribution in [1.29, 1.82) is 5.26 Å². The van der Waals surface area contributed by atoms with Crippen LogP contribution in [0.15, 0.2) is 18.2 Å². The number of nitrogens with one attached hydrogen (secondary N) is 2. The van der Waals surface area contributed by atoms with Gasteiger partial charge in [-0.15, -0.1) is 0 Å². The van der Waals surface area contributed by atoms with Crippen LogP contribution in [0.4, 0.5) is 4.79 Å². The molecule has 0 radical (unpaired) electrons. The van der Waals surface area contributed by atoms with Gasteiger partial charge in [-0.3, -0.25) is 9.59 Å². The second kappa shape index (κ2) is 13.1. The van der Waals surface area contributed by atoms with E-state index < -0.39 is 29.7 Å². The van der Waals surface area contributed by atoms with E-state index in [4.69, 9.17) is 4.74 Å². The van der Waals surface area contributed by atoms with Crippen LogP contribution in [-0.2, 0) is 14.3 Å². The monoisotopic (exact) mass is 486 g/mol. The summed E-state index contributed by atoms with van der Waals surface area (Å²) in [4.78, 5) is 41.0. The fourth-order valence-corrected chi connectivity index (χ4v) is 3.73. The number of amides is 3. The zero-order valence-electron chi connectivity index (χ0n) is 22.7. The van der Waals surface area contributed by atoms with Crippen LogP contribution < -0.4 is 10.6 Å². The van der Waals surface area contributed by atoms with E-state index in [0.29, 0.717) is 5.56 Å². The van der Waals surface area contributed by atoms with E-state index in [9.17, 15) is 19.6 Å². The summed E-state index contributed by atoms with van der Waals surface area (Å²) in [6.45, 7) is 16.3. The molecule has 0 aliphatic rings. The van der Waals surface area contributed by atoms with Crippen LogP contribution in [0.1, 0.15) is 84.0 Å². The number of ether oxygens (including phenoxy) is 1. The number of carbonyl (C=O) groups excluding carboxylic acids is 3. The van der Waals surface area contributed by atoms with Crippen molar-refractivity contribution in [3.05, 3.63) is 34.9 Å². The van der Waals surface area contributed by atoms with Gasteiger partial charge in [0, 0.05) is 6.04 Å². The first kappa shape index (κ1) is 30.0. The molecule has 3 unspecified atom stereocenters. The minimum absolute atomic E-state index is 0.0960. The highest BCUT2D eigenvalue weighted by Gasteiger charge is 2.37. The number of rotatable bonds is 10. The number of alkyl carbamates (subject to hydrolysis) is 1. The fraction of sp³-hybridized carbons (Fsp3) is 0.630. The van der Waals surface area contributed by atoms with Crippen LogP contribution in [0.3, 0.4) is 0 Å². The number of carbonyl (C=O) groups is 3. The first-order valence-corrected chi connectivity index (χ1v) is 12.3. The van der Waals surface area contributed by atoms with Crippen LogP contribution in [0.25, 0.3) is 0 Å². The van der Waals surface area contributed by atoms with Crippen molar-refractivity contribution in [2.75, 3.05) is 6.54 Å². The molecule has 3 atom stereocenters. The molecule has 0 fully saturated rings. The molecule has 2 N–H and O–H groups in total. The molecule has 1 aromatic carbocycles. The molecule has 0 bridgehead atoms. The standard InChI is InChI=1S/C27H42N4O4/c1-10-11-20(6)29-24(32)23(21-13-12-18(4)19(5)16-21)31(15-14-28)25(33)22(17(2)3)30-26(34)35-27(7,8)9/h12-13,16-17,20,22-23H,10-11,15H2,1-9H3,(H,29,32)(H,30,34). The second-order valence-corrected chi connectivity index (χ2v) is 10.4. The van der Waals surface area contributed by atoms with Crippen molar-refractivity contribution in [2.45, 2.75) is 98.9 Å². The van der Waals surface area contributed by atoms with Gasteiger partial charge >= 0.3 is 6.09 Å². The molecule has 0 aliphatic heterocycles. The predicted octanol–water partition coefficient (Wildman–Crippen LogP) is 4.55. The summed E-state index contributed by atoms with van der Waals surface area (Å²) in [5, 5.41) is 15.2. The van der Waals surface area contributed by atoms with E-state index in [-0.39, 0.29) is 24.4 Å². The van der Waals surface area contributed by atoms with Gasteiger partial charge in [0.25, 0.3) is 0 Å². The quantitative estimate of drug-likeness (QED) is 0.471. The summed E-state index contributed by atoms with van der Waals surface area (Å²) in [6, 6.07) is 5.50. The van der Waals surface area contributed by atoms with Crippen LogP contribution >= 0.6 is 0 Å². The van der Waals surface area contributed by atoms with E-state index >= 15 is 0 Å². The van der Waals surface area contributed by atoms with E-state index in [1.807, 2.05) is 45.9 Å². The maximum atomic E-state index is 13.8. The molecule has 0 saturated carbocycles. The summed E-state index contributed by atoms with van der Waals surface area (Å²) in [5.74, 6) is -1.19. The number of nitrogens with zero attached hydrogens (tertiary/aromatic N) is 2. The second-order valence-electron chi connectivity index (χ2n) is 10.4. The van der Waals surface area contributed by atoms with Crippen LogP contribution in [0.5, 0.6) is 0 Å². The Morgan fingerprint density at radius 3 is 2.20 bits per heavy atom. The summed E-state index contributed by atoms with van der Waals surface area (Å²) in [6.07, 6.45) is 0.948. The number of benzene rings is 1. The highest BCUT2D eigenvalue weighted by Crippen LogP contribution is 2.26. The fourth-order valence-electron chi connectivity index (χ4n) is 3.73. The third-order valence-electron chi connectivity index (χ3n) is 5.65. The lowest BCUT2D eigenvalue weighted by atomic mass is 9.96. The molecule has 0 spiro atoms. The summed E-state index contributed by atoms with van der Waals surface area (Å²) >= 11 is 0. The minimum Gasteiger partial charge on any atom is -0.444 e. The summed E-state index contributed by atoms with van der Waals surface area (Å²) < 4.78 is 5.34. The van der Waals surface area contributed by atoms with E-state index in [0.717, 1.165) is 24.0 Å². The topological polar surface area (TPSA) is 112 Å². The number of nitriles is 1. The van der Waals surface area contributed by atoms with E-state index in [1.54, 1.807) is 40.7 Å². The molecule has 8 nitrogen and oxygen atoms in total. The molecule has 3 amide bonds. The zero-order chi connectivity index (χ0) is 26.9. The van der Waals surface area contributed by atoms with Gasteiger partial charge in [0.05, 0.1) is 6.07 Å². The average molecular weight is 487 g/mol. The Morgan fingerprint density at radius 2 is 1.71 bits per heavy atom. The molecule has 0 aliphatic carbocycles. The van der Waals surface area contributed by atoms with Gasteiger partial charge in [-0.05, 0) is 70.6 Å². The Labute approximate surface area is 210 Å². The van der Waals surface area contributed by atoms with Crippen LogP contribution in [0.2, 0.25) is 0 Å². The van der Waals surface area contributed by atoms with Gasteiger partial charge in [-0.1, -0.05) is 45.4 Å². The molecule has 1 rings (SSSR count). The van der Waals surface area contributed by atoms with Crippen molar-refractivity contribution in [3.8, 4) is 6.07 Å². The van der Waals surface area contributed by atoms with Gasteiger partial charge in [0.1, 0.15) is 24.2 Å². The lowest BCUT2D eigenvalue weighted by Gasteiger charge is -2.34. The van der Waals surface area contributed by atoms with E-state index in [2.05, 4.69) is 10.6 Å². The Balaban J connectivity index is 3.47. The predicted molar refractivity (Wildman–Crippen MR) is 136 cm³/mol. The third kappa shape index (κ3) is 9.23. The van der Waals surface area contributed by atoms with Gasteiger partial charge in [0.2, 0.25) is 11.8 Å². The lowest BCUT2D eigenvalue weighted by molar-refractivity contribution is -0.142. The number of aryl methyl sites for hydroxylation is 2. The minimum atomic E-state index is -1.03. The molecule has 35 heavy (non-hydrogen) atoms. The van der Waals surface area contributed by atoms with Crippen LogP contribution in [-0.4, -0.2) is 47.0 Å². The number of hydrogen-bond donors (Lipinski definition) is 2. The maximum Gasteiger partial charge on any atom is 0.408 e. The van der Waals surface area contributed by atoms with Crippen molar-refractivity contribution in [3.63, 3.8) is 0 Å². The number of hydrogen-bond acceptors (Lipinski definition) is 5. The van der Waals surface area contributed by atoms with Crippen molar-refractivity contribution in [1.82, 2.24) is 15.5 Å². The maximum absolute atomic E-state index is 13.8. The van der Waals surface area contributed by atoms with Crippen molar-refractivity contribution >= 4 is 17.9 Å². The highest BCUT2D eigenvalue weighted by atomic mass is 16.6. The Hall–Kier alpha value is -3.08.